The lowest BCUT2D eigenvalue weighted by Crippen LogP contribution is -2.05. The van der Waals surface area contributed by atoms with Crippen LogP contribution in [0.15, 0.2) is 30.6 Å². The van der Waals surface area contributed by atoms with E-state index >= 15 is 0 Å². The lowest BCUT2D eigenvalue weighted by atomic mass is 10.1. The minimum absolute atomic E-state index is 0.515. The lowest BCUT2D eigenvalue weighted by molar-refractivity contribution is 0.908. The van der Waals surface area contributed by atoms with Crippen LogP contribution in [0.25, 0.3) is 0 Å². The lowest BCUT2D eigenvalue weighted by Gasteiger charge is -2.12. The molecule has 3 N–H and O–H groups in total. The minimum atomic E-state index is 0.515. The van der Waals surface area contributed by atoms with Gasteiger partial charge in [0.1, 0.15) is 18.0 Å². The van der Waals surface area contributed by atoms with Gasteiger partial charge < -0.3 is 11.1 Å². The van der Waals surface area contributed by atoms with E-state index in [1.54, 1.807) is 0 Å². The van der Waals surface area contributed by atoms with Gasteiger partial charge in [0.15, 0.2) is 0 Å². The van der Waals surface area contributed by atoms with E-state index in [1.807, 2.05) is 24.3 Å². The highest BCUT2D eigenvalue weighted by atomic mass is 35.5. The van der Waals surface area contributed by atoms with Gasteiger partial charge in [0.25, 0.3) is 0 Å². The van der Waals surface area contributed by atoms with E-state index in [-0.39, 0.29) is 0 Å². The van der Waals surface area contributed by atoms with Crippen molar-refractivity contribution in [1.82, 2.24) is 9.97 Å². The number of hydrogen-bond acceptors (Lipinski definition) is 4. The van der Waals surface area contributed by atoms with Gasteiger partial charge in [-0.3, -0.25) is 0 Å². The highest BCUT2D eigenvalue weighted by molar-refractivity contribution is 6.33. The second-order valence-corrected chi connectivity index (χ2v) is 4.35. The number of nitrogens with zero attached hydrogens (tertiary/aromatic N) is 2. The normalized spacial score (nSPS) is 10.3. The first-order valence-corrected chi connectivity index (χ1v) is 6.21. The van der Waals surface area contributed by atoms with Crippen molar-refractivity contribution in [3.63, 3.8) is 0 Å². The zero-order valence-electron chi connectivity index (χ0n) is 10.2. The Labute approximate surface area is 111 Å². The fraction of sp³-hybridized carbons (Fsp3) is 0.231. The van der Waals surface area contributed by atoms with Crippen LogP contribution in [0.5, 0.6) is 0 Å². The Morgan fingerprint density at radius 2 is 2.06 bits per heavy atom. The second-order valence-electron chi connectivity index (χ2n) is 3.94. The number of aromatic nitrogens is 2. The summed E-state index contributed by atoms with van der Waals surface area (Å²) in [6.07, 6.45) is 3.27. The van der Waals surface area contributed by atoms with Gasteiger partial charge in [-0.25, -0.2) is 9.97 Å². The number of anilines is 3. The molecule has 94 valence electrons. The van der Waals surface area contributed by atoms with Crippen molar-refractivity contribution >= 4 is 28.9 Å². The van der Waals surface area contributed by atoms with Crippen molar-refractivity contribution in [2.24, 2.45) is 0 Å². The summed E-state index contributed by atoms with van der Waals surface area (Å²) in [7, 11) is 0. The molecule has 0 aliphatic carbocycles. The van der Waals surface area contributed by atoms with Crippen molar-refractivity contribution < 1.29 is 0 Å². The van der Waals surface area contributed by atoms with Crippen LogP contribution in [0.3, 0.4) is 0 Å². The molecule has 5 heteroatoms. The van der Waals surface area contributed by atoms with Crippen LogP contribution in [-0.4, -0.2) is 9.97 Å². The average Bonchev–Trinajstić information content (AvgIpc) is 2.36. The fourth-order valence-corrected chi connectivity index (χ4v) is 1.90. The van der Waals surface area contributed by atoms with E-state index in [2.05, 4.69) is 22.2 Å². The topological polar surface area (TPSA) is 63.8 Å². The van der Waals surface area contributed by atoms with Crippen LogP contribution >= 0.6 is 11.6 Å². The van der Waals surface area contributed by atoms with Gasteiger partial charge >= 0.3 is 0 Å². The Morgan fingerprint density at radius 1 is 1.28 bits per heavy atom. The molecule has 0 bridgehead atoms. The molecule has 0 unspecified atom stereocenters. The van der Waals surface area contributed by atoms with Crippen LogP contribution in [-0.2, 0) is 6.42 Å². The van der Waals surface area contributed by atoms with E-state index in [1.165, 1.54) is 6.33 Å². The Kier molecular flexibility index (Phi) is 3.99. The number of nitrogens with one attached hydrogen (secondary N) is 1. The minimum Gasteiger partial charge on any atom is -0.383 e. The molecule has 1 aromatic carbocycles. The zero-order chi connectivity index (χ0) is 13.0. The van der Waals surface area contributed by atoms with Crippen LogP contribution < -0.4 is 11.1 Å². The SMILES string of the molecule is CCCc1c(N)ncnc1Nc1ccccc1Cl. The van der Waals surface area contributed by atoms with Crippen LogP contribution in [0.2, 0.25) is 5.02 Å². The number of para-hydroxylation sites is 1. The monoisotopic (exact) mass is 262 g/mol. The predicted octanol–water partition coefficient (Wildman–Crippen LogP) is 3.41. The maximum atomic E-state index is 6.11. The number of rotatable bonds is 4. The Morgan fingerprint density at radius 3 is 2.78 bits per heavy atom. The summed E-state index contributed by atoms with van der Waals surface area (Å²) < 4.78 is 0. The summed E-state index contributed by atoms with van der Waals surface area (Å²) in [6, 6.07) is 7.53. The molecule has 0 aliphatic heterocycles. The van der Waals surface area contributed by atoms with Crippen LogP contribution in [0, 0.1) is 0 Å². The maximum absolute atomic E-state index is 6.11. The summed E-state index contributed by atoms with van der Waals surface area (Å²) >= 11 is 6.11. The Balaban J connectivity index is 2.34. The molecule has 0 spiro atoms. The van der Waals surface area contributed by atoms with E-state index in [0.717, 1.165) is 29.9 Å². The van der Waals surface area contributed by atoms with Crippen molar-refractivity contribution in [2.45, 2.75) is 19.8 Å². The summed E-state index contributed by atoms with van der Waals surface area (Å²) in [6.45, 7) is 2.09. The Bertz CT molecular complexity index is 542. The van der Waals surface area contributed by atoms with Crippen molar-refractivity contribution in [3.05, 3.63) is 41.2 Å². The first kappa shape index (κ1) is 12.6. The van der Waals surface area contributed by atoms with Gasteiger partial charge in [-0.2, -0.15) is 0 Å². The highest BCUT2D eigenvalue weighted by Gasteiger charge is 2.09. The molecule has 2 rings (SSSR count). The fourth-order valence-electron chi connectivity index (χ4n) is 1.72. The average molecular weight is 263 g/mol. The quantitative estimate of drug-likeness (QED) is 0.886. The van der Waals surface area contributed by atoms with Gasteiger partial charge in [0, 0.05) is 5.56 Å². The number of halogens is 1. The standard InChI is InChI=1S/C13H15ClN4/c1-2-5-9-12(15)16-8-17-13(9)18-11-7-4-3-6-10(11)14/h3-4,6-8H,2,5H2,1H3,(H3,15,16,17,18). The van der Waals surface area contributed by atoms with E-state index in [0.29, 0.717) is 10.8 Å². The number of nitrogen functional groups attached to an aromatic ring is 1. The zero-order valence-corrected chi connectivity index (χ0v) is 10.9. The summed E-state index contributed by atoms with van der Waals surface area (Å²) in [4.78, 5) is 8.25. The summed E-state index contributed by atoms with van der Waals surface area (Å²) in [5.74, 6) is 1.24. The second kappa shape index (κ2) is 5.69. The molecule has 0 amide bonds. The largest absolute Gasteiger partial charge is 0.383 e. The van der Waals surface area contributed by atoms with Crippen LogP contribution in [0.1, 0.15) is 18.9 Å². The number of nitrogens with two attached hydrogens (primary N) is 1. The third-order valence-corrected chi connectivity index (χ3v) is 2.94. The molecule has 0 radical (unpaired) electrons. The van der Waals surface area contributed by atoms with Crippen molar-refractivity contribution in [1.29, 1.82) is 0 Å². The number of benzene rings is 1. The molecule has 1 heterocycles. The molecule has 0 saturated carbocycles. The predicted molar refractivity (Wildman–Crippen MR) is 75.2 cm³/mol. The summed E-state index contributed by atoms with van der Waals surface area (Å²) in [5, 5.41) is 3.85. The van der Waals surface area contributed by atoms with Crippen LogP contribution in [0.4, 0.5) is 17.3 Å². The smallest absolute Gasteiger partial charge is 0.139 e. The molecular formula is C13H15ClN4. The highest BCUT2D eigenvalue weighted by Crippen LogP contribution is 2.27. The van der Waals surface area contributed by atoms with Gasteiger partial charge in [-0.05, 0) is 18.6 Å². The number of hydrogen-bond donors (Lipinski definition) is 2. The first-order chi connectivity index (χ1) is 8.72. The maximum Gasteiger partial charge on any atom is 0.139 e. The molecule has 1 aromatic heterocycles. The van der Waals surface area contributed by atoms with E-state index in [4.69, 9.17) is 17.3 Å². The molecule has 2 aromatic rings. The molecule has 18 heavy (non-hydrogen) atoms. The van der Waals surface area contributed by atoms with Crippen molar-refractivity contribution in [2.75, 3.05) is 11.1 Å². The molecule has 0 saturated heterocycles. The molecule has 0 aliphatic rings. The summed E-state index contributed by atoms with van der Waals surface area (Å²) in [5.41, 5.74) is 7.62. The van der Waals surface area contributed by atoms with Gasteiger partial charge in [0.05, 0.1) is 10.7 Å². The van der Waals surface area contributed by atoms with E-state index < -0.39 is 0 Å². The van der Waals surface area contributed by atoms with E-state index in [9.17, 15) is 0 Å². The molecular weight excluding hydrogens is 248 g/mol. The third kappa shape index (κ3) is 2.71. The molecule has 4 nitrogen and oxygen atoms in total. The van der Waals surface area contributed by atoms with Crippen molar-refractivity contribution in [3.8, 4) is 0 Å². The van der Waals surface area contributed by atoms with Gasteiger partial charge in [-0.15, -0.1) is 0 Å². The molecule has 0 atom stereocenters. The first-order valence-electron chi connectivity index (χ1n) is 5.83. The van der Waals surface area contributed by atoms with Gasteiger partial charge in [0.2, 0.25) is 0 Å². The Hall–Kier alpha value is -1.81. The molecule has 0 fully saturated rings. The van der Waals surface area contributed by atoms with Gasteiger partial charge in [-0.1, -0.05) is 37.1 Å². The third-order valence-electron chi connectivity index (χ3n) is 2.61.